The molecule has 0 spiro atoms. The molecule has 1 amide bonds. The summed E-state index contributed by atoms with van der Waals surface area (Å²) in [4.78, 5) is 11.2. The van der Waals surface area contributed by atoms with Gasteiger partial charge < -0.3 is 4.74 Å². The predicted molar refractivity (Wildman–Crippen MR) is 80.8 cm³/mol. The highest BCUT2D eigenvalue weighted by Crippen LogP contribution is 2.30. The number of hydroxylamine groups is 1. The topological polar surface area (TPSA) is 58.6 Å². The zero-order valence-corrected chi connectivity index (χ0v) is 12.4. The standard InChI is InChI=1S/C17H19NO3/c1-11-4-6-15(7-5-11)21-17-12(2)8-14(9-13(17)3)10-16(19)18-20/h4-9,20H,10H2,1-3H3,(H,18,19). The van der Waals surface area contributed by atoms with E-state index >= 15 is 0 Å². The van der Waals surface area contributed by atoms with Crippen molar-refractivity contribution in [3.8, 4) is 11.5 Å². The van der Waals surface area contributed by atoms with Crippen LogP contribution in [0.25, 0.3) is 0 Å². The van der Waals surface area contributed by atoms with E-state index in [1.165, 1.54) is 5.56 Å². The molecule has 0 aliphatic rings. The Hall–Kier alpha value is -2.33. The van der Waals surface area contributed by atoms with Gasteiger partial charge in [-0.25, -0.2) is 5.48 Å². The molecule has 0 atom stereocenters. The van der Waals surface area contributed by atoms with Crippen LogP contribution in [-0.2, 0) is 11.2 Å². The maximum atomic E-state index is 11.2. The lowest BCUT2D eigenvalue weighted by Crippen LogP contribution is -2.20. The Bertz CT molecular complexity index is 625. The highest BCUT2D eigenvalue weighted by Gasteiger charge is 2.10. The Morgan fingerprint density at radius 2 is 1.67 bits per heavy atom. The van der Waals surface area contributed by atoms with Crippen molar-refractivity contribution < 1.29 is 14.7 Å². The normalized spacial score (nSPS) is 10.3. The van der Waals surface area contributed by atoms with Crippen LogP contribution < -0.4 is 10.2 Å². The minimum absolute atomic E-state index is 0.142. The first kappa shape index (κ1) is 15.1. The summed E-state index contributed by atoms with van der Waals surface area (Å²) in [6.45, 7) is 5.91. The molecule has 0 unspecified atom stereocenters. The zero-order valence-electron chi connectivity index (χ0n) is 12.4. The summed E-state index contributed by atoms with van der Waals surface area (Å²) in [5.74, 6) is 1.15. The Morgan fingerprint density at radius 1 is 1.10 bits per heavy atom. The van der Waals surface area contributed by atoms with E-state index in [1.807, 2.05) is 57.2 Å². The molecule has 21 heavy (non-hydrogen) atoms. The second kappa shape index (κ2) is 6.41. The van der Waals surface area contributed by atoms with Gasteiger partial charge in [-0.2, -0.15) is 0 Å². The summed E-state index contributed by atoms with van der Waals surface area (Å²) >= 11 is 0. The van der Waals surface area contributed by atoms with Crippen molar-refractivity contribution in [2.24, 2.45) is 0 Å². The van der Waals surface area contributed by atoms with Crippen LogP contribution >= 0.6 is 0 Å². The van der Waals surface area contributed by atoms with Gasteiger partial charge in [-0.05, 0) is 49.6 Å². The highest BCUT2D eigenvalue weighted by molar-refractivity contribution is 5.77. The molecule has 0 aliphatic heterocycles. The van der Waals surface area contributed by atoms with E-state index in [4.69, 9.17) is 9.94 Å². The summed E-state index contributed by atoms with van der Waals surface area (Å²) in [7, 11) is 0. The van der Waals surface area contributed by atoms with Gasteiger partial charge in [-0.3, -0.25) is 10.0 Å². The number of amides is 1. The van der Waals surface area contributed by atoms with E-state index in [0.717, 1.165) is 28.2 Å². The van der Waals surface area contributed by atoms with Crippen molar-refractivity contribution in [3.05, 3.63) is 58.7 Å². The average Bonchev–Trinajstić information content (AvgIpc) is 2.44. The first-order chi connectivity index (χ1) is 9.99. The van der Waals surface area contributed by atoms with Crippen LogP contribution in [-0.4, -0.2) is 11.1 Å². The lowest BCUT2D eigenvalue weighted by Gasteiger charge is -2.14. The quantitative estimate of drug-likeness (QED) is 0.668. The smallest absolute Gasteiger partial charge is 0.247 e. The molecule has 0 saturated carbocycles. The van der Waals surface area contributed by atoms with Crippen LogP contribution in [0.1, 0.15) is 22.3 Å². The second-order valence-corrected chi connectivity index (χ2v) is 5.19. The van der Waals surface area contributed by atoms with Gasteiger partial charge in [-0.1, -0.05) is 29.8 Å². The Morgan fingerprint density at radius 3 is 2.19 bits per heavy atom. The molecule has 0 aromatic heterocycles. The predicted octanol–water partition coefficient (Wildman–Crippen LogP) is 3.45. The highest BCUT2D eigenvalue weighted by atomic mass is 16.5. The molecular formula is C17H19NO3. The molecule has 4 nitrogen and oxygen atoms in total. The monoisotopic (exact) mass is 285 g/mol. The van der Waals surface area contributed by atoms with Crippen molar-refractivity contribution in [1.82, 2.24) is 5.48 Å². The van der Waals surface area contributed by atoms with Gasteiger partial charge in [0.15, 0.2) is 0 Å². The number of carbonyl (C=O) groups excluding carboxylic acids is 1. The third kappa shape index (κ3) is 3.83. The first-order valence-corrected chi connectivity index (χ1v) is 6.77. The Labute approximate surface area is 124 Å². The van der Waals surface area contributed by atoms with Crippen molar-refractivity contribution in [2.45, 2.75) is 27.2 Å². The molecule has 0 fully saturated rings. The van der Waals surface area contributed by atoms with Gasteiger partial charge in [0.25, 0.3) is 0 Å². The van der Waals surface area contributed by atoms with Crippen LogP contribution in [0.5, 0.6) is 11.5 Å². The van der Waals surface area contributed by atoms with Crippen molar-refractivity contribution >= 4 is 5.91 Å². The van der Waals surface area contributed by atoms with E-state index in [2.05, 4.69) is 0 Å². The Balaban J connectivity index is 2.24. The van der Waals surface area contributed by atoms with Crippen LogP contribution in [0.2, 0.25) is 0 Å². The van der Waals surface area contributed by atoms with Gasteiger partial charge in [-0.15, -0.1) is 0 Å². The number of carbonyl (C=O) groups is 1. The molecule has 0 bridgehead atoms. The number of rotatable bonds is 4. The van der Waals surface area contributed by atoms with E-state index < -0.39 is 5.91 Å². The molecule has 2 N–H and O–H groups in total. The lowest BCUT2D eigenvalue weighted by molar-refractivity contribution is -0.128. The molecular weight excluding hydrogens is 266 g/mol. The molecule has 0 aliphatic carbocycles. The maximum Gasteiger partial charge on any atom is 0.247 e. The summed E-state index contributed by atoms with van der Waals surface area (Å²) in [5, 5.41) is 8.58. The van der Waals surface area contributed by atoms with Crippen LogP contribution in [0.4, 0.5) is 0 Å². The van der Waals surface area contributed by atoms with Crippen molar-refractivity contribution in [2.75, 3.05) is 0 Å². The number of nitrogens with one attached hydrogen (secondary N) is 1. The number of hydrogen-bond donors (Lipinski definition) is 2. The number of hydrogen-bond acceptors (Lipinski definition) is 3. The fraction of sp³-hybridized carbons (Fsp3) is 0.235. The molecule has 2 aromatic carbocycles. The van der Waals surface area contributed by atoms with Crippen molar-refractivity contribution in [1.29, 1.82) is 0 Å². The fourth-order valence-electron chi connectivity index (χ4n) is 2.25. The lowest BCUT2D eigenvalue weighted by atomic mass is 10.0. The molecule has 2 rings (SSSR count). The largest absolute Gasteiger partial charge is 0.457 e. The van der Waals surface area contributed by atoms with Gasteiger partial charge >= 0.3 is 0 Å². The van der Waals surface area contributed by atoms with Crippen LogP contribution in [0.3, 0.4) is 0 Å². The summed E-state index contributed by atoms with van der Waals surface area (Å²) < 4.78 is 5.93. The fourth-order valence-corrected chi connectivity index (χ4v) is 2.25. The molecule has 0 saturated heterocycles. The molecule has 0 heterocycles. The summed E-state index contributed by atoms with van der Waals surface area (Å²) in [6.07, 6.45) is 0.142. The van der Waals surface area contributed by atoms with E-state index in [0.29, 0.717) is 0 Å². The summed E-state index contributed by atoms with van der Waals surface area (Å²) in [6, 6.07) is 11.7. The van der Waals surface area contributed by atoms with Crippen LogP contribution in [0.15, 0.2) is 36.4 Å². The van der Waals surface area contributed by atoms with E-state index in [-0.39, 0.29) is 6.42 Å². The average molecular weight is 285 g/mol. The van der Waals surface area contributed by atoms with Gasteiger partial charge in [0.2, 0.25) is 5.91 Å². The molecule has 0 radical (unpaired) electrons. The maximum absolute atomic E-state index is 11.2. The van der Waals surface area contributed by atoms with Crippen molar-refractivity contribution in [3.63, 3.8) is 0 Å². The van der Waals surface area contributed by atoms with Crippen LogP contribution in [0, 0.1) is 20.8 Å². The first-order valence-electron chi connectivity index (χ1n) is 6.77. The number of aryl methyl sites for hydroxylation is 3. The van der Waals surface area contributed by atoms with E-state index in [1.54, 1.807) is 5.48 Å². The number of benzene rings is 2. The molecule has 2 aromatic rings. The summed E-state index contributed by atoms with van der Waals surface area (Å²) in [5.41, 5.74) is 5.57. The third-order valence-electron chi connectivity index (χ3n) is 3.25. The number of ether oxygens (including phenoxy) is 1. The van der Waals surface area contributed by atoms with Gasteiger partial charge in [0.1, 0.15) is 11.5 Å². The SMILES string of the molecule is Cc1ccc(Oc2c(C)cc(CC(=O)NO)cc2C)cc1. The third-order valence-corrected chi connectivity index (χ3v) is 3.25. The van der Waals surface area contributed by atoms with E-state index in [9.17, 15) is 4.79 Å². The molecule has 110 valence electrons. The molecule has 4 heteroatoms. The van der Waals surface area contributed by atoms with Gasteiger partial charge in [0, 0.05) is 0 Å². The van der Waals surface area contributed by atoms with Gasteiger partial charge in [0.05, 0.1) is 6.42 Å². The minimum atomic E-state index is -0.430. The second-order valence-electron chi connectivity index (χ2n) is 5.19. The zero-order chi connectivity index (χ0) is 15.4. The Kier molecular flexibility index (Phi) is 4.60. The minimum Gasteiger partial charge on any atom is -0.457 e.